The number of halogens is 4. The SMILES string of the molecule is Cn1cc(C(Oc2nc3ccccc3nc2NS(=O)(=O)c2ccccc2Cl)C(F)(F)F)ccc1=O. The van der Waals surface area contributed by atoms with Crippen molar-refractivity contribution in [3.63, 3.8) is 0 Å². The van der Waals surface area contributed by atoms with Gasteiger partial charge in [-0.2, -0.15) is 13.2 Å². The molecule has 35 heavy (non-hydrogen) atoms. The van der Waals surface area contributed by atoms with Crippen LogP contribution in [0.1, 0.15) is 11.7 Å². The molecule has 0 radical (unpaired) electrons. The van der Waals surface area contributed by atoms with Gasteiger partial charge in [0.05, 0.1) is 16.1 Å². The highest BCUT2D eigenvalue weighted by Gasteiger charge is 2.44. The second kappa shape index (κ2) is 9.19. The lowest BCUT2D eigenvalue weighted by Gasteiger charge is -2.23. The summed E-state index contributed by atoms with van der Waals surface area (Å²) in [5.74, 6) is -1.28. The number of nitrogens with zero attached hydrogens (tertiary/aromatic N) is 3. The van der Waals surface area contributed by atoms with Crippen LogP contribution in [-0.4, -0.2) is 29.1 Å². The zero-order valence-electron chi connectivity index (χ0n) is 17.8. The van der Waals surface area contributed by atoms with Crippen molar-refractivity contribution in [2.45, 2.75) is 17.2 Å². The standard InChI is InChI=1S/C22H16ClF3N4O4S/c1-30-12-13(10-11-18(30)31)19(22(24,25)26)34-21-20(27-15-7-3-4-8-16(15)28-21)29-35(32,33)17-9-5-2-6-14(17)23/h2-12,19H,1H3,(H,27,29). The zero-order valence-corrected chi connectivity index (χ0v) is 19.4. The summed E-state index contributed by atoms with van der Waals surface area (Å²) < 4.78 is 76.3. The Kier molecular flexibility index (Phi) is 6.43. The van der Waals surface area contributed by atoms with E-state index in [0.29, 0.717) is 0 Å². The summed E-state index contributed by atoms with van der Waals surface area (Å²) in [5, 5.41) is -0.102. The lowest BCUT2D eigenvalue weighted by atomic mass is 10.1. The Balaban J connectivity index is 1.84. The number of pyridine rings is 1. The number of fused-ring (bicyclic) bond motifs is 1. The van der Waals surface area contributed by atoms with Crippen molar-refractivity contribution >= 4 is 38.5 Å². The van der Waals surface area contributed by atoms with Crippen LogP contribution in [-0.2, 0) is 17.1 Å². The van der Waals surface area contributed by atoms with E-state index in [1.807, 2.05) is 0 Å². The molecular weight excluding hydrogens is 509 g/mol. The van der Waals surface area contributed by atoms with Crippen molar-refractivity contribution < 1.29 is 26.3 Å². The number of aryl methyl sites for hydroxylation is 1. The van der Waals surface area contributed by atoms with Gasteiger partial charge in [0.2, 0.25) is 17.5 Å². The molecule has 0 saturated carbocycles. The fraction of sp³-hybridized carbons (Fsp3) is 0.136. The second-order valence-corrected chi connectivity index (χ2v) is 9.41. The van der Waals surface area contributed by atoms with Crippen molar-refractivity contribution in [2.75, 3.05) is 4.72 Å². The number of anilines is 1. The Labute approximate surface area is 202 Å². The van der Waals surface area contributed by atoms with E-state index in [4.69, 9.17) is 16.3 Å². The van der Waals surface area contributed by atoms with Gasteiger partial charge in [-0.1, -0.05) is 35.9 Å². The largest absolute Gasteiger partial charge is 0.457 e. The number of benzene rings is 2. The smallest absolute Gasteiger partial charge is 0.429 e. The number of nitrogens with one attached hydrogen (secondary N) is 1. The van der Waals surface area contributed by atoms with E-state index in [9.17, 15) is 26.4 Å². The Morgan fingerprint density at radius 2 is 1.63 bits per heavy atom. The summed E-state index contributed by atoms with van der Waals surface area (Å²) in [5.41, 5.74) is -0.533. The predicted octanol–water partition coefficient (Wildman–Crippen LogP) is 4.47. The van der Waals surface area contributed by atoms with E-state index < -0.39 is 45.1 Å². The maximum absolute atomic E-state index is 14.0. The fourth-order valence-electron chi connectivity index (χ4n) is 3.18. The minimum absolute atomic E-state index is 0.102. The van der Waals surface area contributed by atoms with Crippen LogP contribution in [0.4, 0.5) is 19.0 Å². The van der Waals surface area contributed by atoms with Gasteiger partial charge in [0.25, 0.3) is 15.9 Å². The molecule has 0 saturated heterocycles. The molecule has 1 atom stereocenters. The average molecular weight is 525 g/mol. The molecule has 0 aliphatic heterocycles. The first-order chi connectivity index (χ1) is 16.5. The van der Waals surface area contributed by atoms with Gasteiger partial charge in [-0.05, 0) is 30.3 Å². The third-order valence-electron chi connectivity index (χ3n) is 4.83. The summed E-state index contributed by atoms with van der Waals surface area (Å²) in [7, 11) is -3.08. The molecule has 0 bridgehead atoms. The van der Waals surface area contributed by atoms with E-state index >= 15 is 0 Å². The molecule has 182 valence electrons. The topological polar surface area (TPSA) is 103 Å². The molecule has 2 aromatic heterocycles. The van der Waals surface area contributed by atoms with Gasteiger partial charge >= 0.3 is 6.18 Å². The second-order valence-electron chi connectivity index (χ2n) is 7.35. The van der Waals surface area contributed by atoms with Crippen LogP contribution in [0.25, 0.3) is 11.0 Å². The molecular formula is C22H16ClF3N4O4S. The minimum Gasteiger partial charge on any atom is -0.457 e. The van der Waals surface area contributed by atoms with Crippen molar-refractivity contribution in [2.24, 2.45) is 7.05 Å². The molecule has 0 spiro atoms. The molecule has 0 fully saturated rings. The van der Waals surface area contributed by atoms with Crippen LogP contribution in [0.3, 0.4) is 0 Å². The van der Waals surface area contributed by atoms with E-state index in [-0.39, 0.29) is 21.0 Å². The van der Waals surface area contributed by atoms with Gasteiger partial charge in [0, 0.05) is 24.9 Å². The number of rotatable bonds is 6. The van der Waals surface area contributed by atoms with Crippen molar-refractivity contribution in [1.82, 2.24) is 14.5 Å². The molecule has 2 heterocycles. The van der Waals surface area contributed by atoms with Gasteiger partial charge in [0.1, 0.15) is 4.90 Å². The first-order valence-corrected chi connectivity index (χ1v) is 11.8. The van der Waals surface area contributed by atoms with Gasteiger partial charge < -0.3 is 9.30 Å². The summed E-state index contributed by atoms with van der Waals surface area (Å²) in [4.78, 5) is 19.6. The molecule has 0 amide bonds. The first kappa shape index (κ1) is 24.5. The Hall–Kier alpha value is -3.64. The maximum atomic E-state index is 14.0. The van der Waals surface area contributed by atoms with Crippen molar-refractivity contribution in [3.05, 3.63) is 87.8 Å². The maximum Gasteiger partial charge on any atom is 0.429 e. The van der Waals surface area contributed by atoms with Crippen LogP contribution >= 0.6 is 11.6 Å². The molecule has 8 nitrogen and oxygen atoms in total. The van der Waals surface area contributed by atoms with E-state index in [2.05, 4.69) is 14.7 Å². The van der Waals surface area contributed by atoms with Crippen LogP contribution in [0.15, 0.2) is 76.6 Å². The quantitative estimate of drug-likeness (QED) is 0.399. The third kappa shape index (κ3) is 5.23. The lowest BCUT2D eigenvalue weighted by Crippen LogP contribution is -2.29. The van der Waals surface area contributed by atoms with Crippen molar-refractivity contribution in [3.8, 4) is 5.88 Å². The van der Waals surface area contributed by atoms with E-state index in [0.717, 1.165) is 22.9 Å². The number of aromatic nitrogens is 3. The van der Waals surface area contributed by atoms with Gasteiger partial charge in [0.15, 0.2) is 0 Å². The number of hydrogen-bond acceptors (Lipinski definition) is 6. The molecule has 4 rings (SSSR count). The number of hydrogen-bond donors (Lipinski definition) is 1. The fourth-order valence-corrected chi connectivity index (χ4v) is 4.70. The minimum atomic E-state index is -4.94. The monoisotopic (exact) mass is 524 g/mol. The molecule has 4 aromatic rings. The molecule has 1 unspecified atom stereocenters. The van der Waals surface area contributed by atoms with Crippen LogP contribution in [0.2, 0.25) is 5.02 Å². The molecule has 1 N–H and O–H groups in total. The van der Waals surface area contributed by atoms with E-state index in [1.165, 1.54) is 43.4 Å². The first-order valence-electron chi connectivity index (χ1n) is 9.90. The van der Waals surface area contributed by atoms with E-state index in [1.54, 1.807) is 12.1 Å². The highest BCUT2D eigenvalue weighted by molar-refractivity contribution is 7.92. The third-order valence-corrected chi connectivity index (χ3v) is 6.67. The Bertz CT molecular complexity index is 1580. The summed E-state index contributed by atoms with van der Waals surface area (Å²) in [6.07, 6.45) is -6.54. The summed E-state index contributed by atoms with van der Waals surface area (Å²) in [6.45, 7) is 0. The van der Waals surface area contributed by atoms with Gasteiger partial charge in [-0.15, -0.1) is 0 Å². The van der Waals surface area contributed by atoms with Gasteiger partial charge in [-0.3, -0.25) is 9.52 Å². The Morgan fingerprint density at radius 1 is 1.00 bits per heavy atom. The van der Waals surface area contributed by atoms with Gasteiger partial charge in [-0.25, -0.2) is 18.4 Å². The van der Waals surface area contributed by atoms with Crippen molar-refractivity contribution in [1.29, 1.82) is 0 Å². The number of sulfonamides is 1. The summed E-state index contributed by atoms with van der Waals surface area (Å²) >= 11 is 6.00. The number of para-hydroxylation sites is 2. The highest BCUT2D eigenvalue weighted by atomic mass is 35.5. The highest BCUT2D eigenvalue weighted by Crippen LogP contribution is 2.38. The Morgan fingerprint density at radius 3 is 2.26 bits per heavy atom. The zero-order chi connectivity index (χ0) is 25.4. The predicted molar refractivity (Wildman–Crippen MR) is 123 cm³/mol. The normalized spacial score (nSPS) is 12.9. The number of alkyl halides is 3. The lowest BCUT2D eigenvalue weighted by molar-refractivity contribution is -0.198. The van der Waals surface area contributed by atoms with Crippen LogP contribution in [0.5, 0.6) is 5.88 Å². The van der Waals surface area contributed by atoms with Crippen LogP contribution < -0.4 is 15.0 Å². The molecule has 2 aromatic carbocycles. The summed E-state index contributed by atoms with van der Waals surface area (Å²) in [6, 6.07) is 13.6. The molecule has 0 aliphatic carbocycles. The van der Waals surface area contributed by atoms with Crippen LogP contribution in [0, 0.1) is 0 Å². The number of ether oxygens (including phenoxy) is 1. The average Bonchev–Trinajstić information content (AvgIpc) is 2.78. The molecule has 13 heteroatoms. The molecule has 0 aliphatic rings.